The standard InChI is InChI=1S/C22H25N5O3.C2H6/c1-2-17-20(23)27-21(26-17)15-5-9-18(24-12-15)14-6-10-19(25-11-14)30-16-7-3-13(4-8-16)22(28)29;1-2/h5-6,9-13,16H,2-4,7-8,23H2,1H3,(H,26,27)(H,28,29);1-2H3. The summed E-state index contributed by atoms with van der Waals surface area (Å²) in [4.78, 5) is 27.6. The number of nitrogens with zero attached hydrogens (tertiary/aromatic N) is 3. The highest BCUT2D eigenvalue weighted by Crippen LogP contribution is 2.28. The minimum absolute atomic E-state index is 0.0186. The van der Waals surface area contributed by atoms with Gasteiger partial charge in [-0.3, -0.25) is 9.78 Å². The minimum atomic E-state index is -0.712. The number of pyridine rings is 2. The van der Waals surface area contributed by atoms with E-state index in [-0.39, 0.29) is 12.0 Å². The molecule has 8 heteroatoms. The first kappa shape index (κ1) is 23.2. The fourth-order valence-electron chi connectivity index (χ4n) is 3.73. The van der Waals surface area contributed by atoms with E-state index in [0.29, 0.717) is 30.4 Å². The normalized spacial score (nSPS) is 17.8. The van der Waals surface area contributed by atoms with E-state index in [2.05, 4.69) is 19.9 Å². The predicted octanol–water partition coefficient (Wildman–Crippen LogP) is 4.73. The second-order valence-corrected chi connectivity index (χ2v) is 7.55. The van der Waals surface area contributed by atoms with Crippen molar-refractivity contribution in [2.24, 2.45) is 5.92 Å². The van der Waals surface area contributed by atoms with Crippen LogP contribution in [0.2, 0.25) is 0 Å². The Bertz CT molecular complexity index is 1010. The topological polar surface area (TPSA) is 127 Å². The molecule has 8 nitrogen and oxygen atoms in total. The molecule has 0 aliphatic heterocycles. The summed E-state index contributed by atoms with van der Waals surface area (Å²) in [6, 6.07) is 7.62. The number of imidazole rings is 1. The maximum absolute atomic E-state index is 11.1. The number of aliphatic carboxylic acids is 1. The molecule has 0 spiro atoms. The Morgan fingerprint density at radius 3 is 2.31 bits per heavy atom. The average Bonchev–Trinajstić information content (AvgIpc) is 3.22. The highest BCUT2D eigenvalue weighted by Gasteiger charge is 2.27. The van der Waals surface area contributed by atoms with E-state index in [1.807, 2.05) is 45.0 Å². The van der Waals surface area contributed by atoms with Crippen molar-refractivity contribution >= 4 is 11.8 Å². The summed E-state index contributed by atoms with van der Waals surface area (Å²) in [5.41, 5.74) is 9.38. The Kier molecular flexibility index (Phi) is 7.81. The monoisotopic (exact) mass is 437 g/mol. The van der Waals surface area contributed by atoms with Crippen molar-refractivity contribution in [2.75, 3.05) is 5.73 Å². The lowest BCUT2D eigenvalue weighted by atomic mass is 9.87. The van der Waals surface area contributed by atoms with Crippen LogP contribution in [0.25, 0.3) is 22.6 Å². The van der Waals surface area contributed by atoms with Gasteiger partial charge in [-0.1, -0.05) is 20.8 Å². The van der Waals surface area contributed by atoms with Gasteiger partial charge >= 0.3 is 5.97 Å². The lowest BCUT2D eigenvalue weighted by molar-refractivity contribution is -0.143. The zero-order chi connectivity index (χ0) is 23.1. The lowest BCUT2D eigenvalue weighted by Crippen LogP contribution is -2.28. The number of aromatic amines is 1. The third-order valence-electron chi connectivity index (χ3n) is 5.54. The summed E-state index contributed by atoms with van der Waals surface area (Å²) >= 11 is 0. The van der Waals surface area contributed by atoms with Crippen LogP contribution in [-0.4, -0.2) is 37.1 Å². The first-order chi connectivity index (χ1) is 15.5. The van der Waals surface area contributed by atoms with Crippen LogP contribution >= 0.6 is 0 Å². The second-order valence-electron chi connectivity index (χ2n) is 7.55. The van der Waals surface area contributed by atoms with Crippen molar-refractivity contribution in [3.63, 3.8) is 0 Å². The number of nitrogens with two attached hydrogens (primary N) is 1. The van der Waals surface area contributed by atoms with Gasteiger partial charge in [-0.2, -0.15) is 0 Å². The van der Waals surface area contributed by atoms with Crippen LogP contribution in [-0.2, 0) is 11.2 Å². The molecule has 1 fully saturated rings. The van der Waals surface area contributed by atoms with Crippen molar-refractivity contribution < 1.29 is 14.6 Å². The number of carboxylic acids is 1. The maximum Gasteiger partial charge on any atom is 0.306 e. The number of carboxylic acid groups (broad SMARTS) is 1. The number of carbonyl (C=O) groups is 1. The number of anilines is 1. The second kappa shape index (κ2) is 10.7. The predicted molar refractivity (Wildman–Crippen MR) is 124 cm³/mol. The molecule has 0 amide bonds. The number of hydrogen-bond acceptors (Lipinski definition) is 6. The molecule has 3 heterocycles. The summed E-state index contributed by atoms with van der Waals surface area (Å²) in [7, 11) is 0. The molecule has 0 bridgehead atoms. The van der Waals surface area contributed by atoms with E-state index < -0.39 is 5.97 Å². The van der Waals surface area contributed by atoms with Crippen molar-refractivity contribution in [2.45, 2.75) is 59.0 Å². The minimum Gasteiger partial charge on any atom is -0.481 e. The third-order valence-corrected chi connectivity index (χ3v) is 5.54. The molecule has 0 saturated heterocycles. The fourth-order valence-corrected chi connectivity index (χ4v) is 3.73. The van der Waals surface area contributed by atoms with E-state index in [9.17, 15) is 4.79 Å². The van der Waals surface area contributed by atoms with Crippen LogP contribution in [0.3, 0.4) is 0 Å². The number of nitrogens with one attached hydrogen (secondary N) is 1. The van der Waals surface area contributed by atoms with Gasteiger partial charge < -0.3 is 20.6 Å². The highest BCUT2D eigenvalue weighted by molar-refractivity contribution is 5.70. The number of rotatable bonds is 6. The summed E-state index contributed by atoms with van der Waals surface area (Å²) < 4.78 is 5.93. The Morgan fingerprint density at radius 1 is 1.09 bits per heavy atom. The molecule has 1 saturated carbocycles. The van der Waals surface area contributed by atoms with Crippen molar-refractivity contribution in [1.82, 2.24) is 19.9 Å². The van der Waals surface area contributed by atoms with E-state index >= 15 is 0 Å². The number of aryl methyl sites for hydroxylation is 1. The SMILES string of the molecule is CC.CCc1[nH]c(-c2ccc(-c3ccc(OC4CCC(C(=O)O)CC4)nc3)nc2)nc1N. The van der Waals surface area contributed by atoms with Gasteiger partial charge in [-0.05, 0) is 50.3 Å². The fraction of sp³-hybridized carbons (Fsp3) is 0.417. The zero-order valence-corrected chi connectivity index (χ0v) is 18.8. The van der Waals surface area contributed by atoms with E-state index in [0.717, 1.165) is 41.8 Å². The molecular formula is C24H31N5O3. The van der Waals surface area contributed by atoms with Crippen LogP contribution in [0.4, 0.5) is 5.82 Å². The van der Waals surface area contributed by atoms with Gasteiger partial charge in [-0.25, -0.2) is 9.97 Å². The molecule has 32 heavy (non-hydrogen) atoms. The molecule has 1 aliphatic rings. The van der Waals surface area contributed by atoms with E-state index in [1.54, 1.807) is 12.4 Å². The molecule has 0 atom stereocenters. The van der Waals surface area contributed by atoms with E-state index in [1.165, 1.54) is 0 Å². The van der Waals surface area contributed by atoms with Gasteiger partial charge in [0.2, 0.25) is 5.88 Å². The molecular weight excluding hydrogens is 406 g/mol. The third kappa shape index (κ3) is 5.43. The summed E-state index contributed by atoms with van der Waals surface area (Å²) in [5.74, 6) is 0.819. The Labute approximate surface area is 188 Å². The van der Waals surface area contributed by atoms with Crippen LogP contribution < -0.4 is 10.5 Å². The number of nitrogen functional groups attached to an aromatic ring is 1. The van der Waals surface area contributed by atoms with Crippen LogP contribution in [0.5, 0.6) is 5.88 Å². The first-order valence-corrected chi connectivity index (χ1v) is 11.2. The maximum atomic E-state index is 11.1. The largest absolute Gasteiger partial charge is 0.481 e. The molecule has 4 rings (SSSR count). The summed E-state index contributed by atoms with van der Waals surface area (Å²) in [6.07, 6.45) is 7.08. The van der Waals surface area contributed by atoms with Gasteiger partial charge in [0.25, 0.3) is 0 Å². The van der Waals surface area contributed by atoms with Crippen molar-refractivity contribution in [1.29, 1.82) is 0 Å². The van der Waals surface area contributed by atoms with Crippen LogP contribution in [0, 0.1) is 5.92 Å². The molecule has 0 radical (unpaired) electrons. The van der Waals surface area contributed by atoms with E-state index in [4.69, 9.17) is 15.6 Å². The summed E-state index contributed by atoms with van der Waals surface area (Å²) in [6.45, 7) is 6.02. The van der Waals surface area contributed by atoms with Gasteiger partial charge in [0.05, 0.1) is 17.3 Å². The first-order valence-electron chi connectivity index (χ1n) is 11.2. The van der Waals surface area contributed by atoms with Crippen LogP contribution in [0.1, 0.15) is 52.1 Å². The zero-order valence-electron chi connectivity index (χ0n) is 18.8. The smallest absolute Gasteiger partial charge is 0.306 e. The number of aromatic nitrogens is 4. The molecule has 170 valence electrons. The average molecular weight is 438 g/mol. The van der Waals surface area contributed by atoms with Gasteiger partial charge in [0.1, 0.15) is 17.7 Å². The van der Waals surface area contributed by atoms with Crippen molar-refractivity contribution in [3.8, 4) is 28.5 Å². The quantitative estimate of drug-likeness (QED) is 0.509. The number of ether oxygens (including phenoxy) is 1. The molecule has 0 aromatic carbocycles. The molecule has 3 aromatic heterocycles. The Balaban J connectivity index is 0.00000141. The Hall–Kier alpha value is -3.42. The highest BCUT2D eigenvalue weighted by atomic mass is 16.5. The number of H-pyrrole nitrogens is 1. The number of hydrogen-bond donors (Lipinski definition) is 3. The van der Waals surface area contributed by atoms with Gasteiger partial charge in [-0.15, -0.1) is 0 Å². The van der Waals surface area contributed by atoms with Gasteiger partial charge in [0.15, 0.2) is 0 Å². The lowest BCUT2D eigenvalue weighted by Gasteiger charge is -2.26. The summed E-state index contributed by atoms with van der Waals surface area (Å²) in [5, 5.41) is 9.09. The molecule has 4 N–H and O–H groups in total. The Morgan fingerprint density at radius 2 is 1.78 bits per heavy atom. The van der Waals surface area contributed by atoms with Gasteiger partial charge in [0, 0.05) is 29.6 Å². The molecule has 0 unspecified atom stereocenters. The van der Waals surface area contributed by atoms with Crippen LogP contribution in [0.15, 0.2) is 36.7 Å². The van der Waals surface area contributed by atoms with Crippen molar-refractivity contribution in [3.05, 3.63) is 42.4 Å². The molecule has 1 aliphatic carbocycles. The molecule has 3 aromatic rings.